The summed E-state index contributed by atoms with van der Waals surface area (Å²) in [4.78, 5) is 4.69. The Morgan fingerprint density at radius 1 is 1.23 bits per heavy atom. The summed E-state index contributed by atoms with van der Waals surface area (Å²) in [5.74, 6) is 2.41. The maximum atomic E-state index is 10.7. The summed E-state index contributed by atoms with van der Waals surface area (Å²) in [5, 5.41) is 17.6. The summed E-state index contributed by atoms with van der Waals surface area (Å²) in [6, 6.07) is 15.9. The van der Waals surface area contributed by atoms with Crippen LogP contribution in [0, 0.1) is 0 Å². The number of aliphatic hydroxyl groups excluding tert-OH is 1. The van der Waals surface area contributed by atoms with Gasteiger partial charge in [-0.15, -0.1) is 0 Å². The summed E-state index contributed by atoms with van der Waals surface area (Å²) in [6.45, 7) is 3.06. The first-order valence-corrected chi connectivity index (χ1v) is 11.3. The van der Waals surface area contributed by atoms with Crippen molar-refractivity contribution in [3.63, 3.8) is 0 Å². The third-order valence-corrected chi connectivity index (χ3v) is 6.27. The van der Waals surface area contributed by atoms with E-state index < -0.39 is 6.10 Å². The summed E-state index contributed by atoms with van der Waals surface area (Å²) < 4.78 is 11.7. The highest BCUT2D eigenvalue weighted by atomic mass is 16.5. The Bertz CT molecular complexity index is 908. The molecule has 4 rings (SSSR count). The number of ether oxygens (including phenoxy) is 2. The monoisotopic (exact) mass is 423 g/mol. The van der Waals surface area contributed by atoms with Crippen LogP contribution in [0.5, 0.6) is 11.5 Å². The first-order chi connectivity index (χ1) is 15.1. The molecule has 6 nitrogen and oxygen atoms in total. The molecule has 6 heteroatoms. The van der Waals surface area contributed by atoms with Crippen LogP contribution >= 0.6 is 0 Å². The third kappa shape index (κ3) is 4.96. The number of aliphatic imine (C=N–C) groups is 1. The molecule has 2 aromatic carbocycles. The molecule has 2 aliphatic rings. The number of rotatable bonds is 6. The van der Waals surface area contributed by atoms with E-state index in [4.69, 9.17) is 14.5 Å². The largest absolute Gasteiger partial charge is 0.497 e. The van der Waals surface area contributed by atoms with Gasteiger partial charge in [0.1, 0.15) is 17.1 Å². The van der Waals surface area contributed by atoms with Gasteiger partial charge >= 0.3 is 0 Å². The van der Waals surface area contributed by atoms with Crippen molar-refractivity contribution >= 4 is 5.96 Å². The molecule has 2 aromatic rings. The Balaban J connectivity index is 1.51. The predicted octanol–water partition coefficient (Wildman–Crippen LogP) is 4.12. The number of benzene rings is 2. The molecule has 1 aliphatic heterocycles. The number of methoxy groups -OCH3 is 1. The van der Waals surface area contributed by atoms with E-state index in [9.17, 15) is 5.11 Å². The van der Waals surface area contributed by atoms with Gasteiger partial charge in [-0.1, -0.05) is 30.3 Å². The third-order valence-electron chi connectivity index (χ3n) is 6.27. The van der Waals surface area contributed by atoms with Crippen LogP contribution in [-0.4, -0.2) is 36.9 Å². The Kier molecular flexibility index (Phi) is 6.66. The highest BCUT2D eigenvalue weighted by molar-refractivity contribution is 5.80. The van der Waals surface area contributed by atoms with Gasteiger partial charge in [0.25, 0.3) is 0 Å². The van der Waals surface area contributed by atoms with Gasteiger partial charge < -0.3 is 25.2 Å². The van der Waals surface area contributed by atoms with Gasteiger partial charge in [-0.25, -0.2) is 0 Å². The van der Waals surface area contributed by atoms with Crippen molar-refractivity contribution in [3.8, 4) is 11.5 Å². The molecular formula is C25H33N3O3. The van der Waals surface area contributed by atoms with Crippen molar-refractivity contribution in [1.82, 2.24) is 10.6 Å². The van der Waals surface area contributed by atoms with Crippen molar-refractivity contribution < 1.29 is 14.6 Å². The maximum absolute atomic E-state index is 10.7. The number of nitrogens with zero attached hydrogens (tertiary/aromatic N) is 1. The minimum Gasteiger partial charge on any atom is -0.497 e. The van der Waals surface area contributed by atoms with Crippen LogP contribution in [-0.2, 0) is 0 Å². The van der Waals surface area contributed by atoms with Gasteiger partial charge in [-0.3, -0.25) is 4.99 Å². The molecule has 0 aromatic heterocycles. The molecule has 1 spiro atoms. The molecule has 0 saturated heterocycles. The van der Waals surface area contributed by atoms with Crippen molar-refractivity contribution in [2.24, 2.45) is 4.99 Å². The van der Waals surface area contributed by atoms with Crippen LogP contribution in [0.15, 0.2) is 53.5 Å². The number of aliphatic hydroxyl groups is 1. The average molecular weight is 424 g/mol. The van der Waals surface area contributed by atoms with E-state index in [1.165, 1.54) is 18.4 Å². The van der Waals surface area contributed by atoms with Crippen LogP contribution in [0.25, 0.3) is 0 Å². The van der Waals surface area contributed by atoms with Crippen LogP contribution < -0.4 is 20.1 Å². The highest BCUT2D eigenvalue weighted by Crippen LogP contribution is 2.46. The first kappa shape index (κ1) is 21.5. The van der Waals surface area contributed by atoms with E-state index in [-0.39, 0.29) is 18.2 Å². The second kappa shape index (κ2) is 9.60. The number of fused-ring (bicyclic) bond motifs is 1. The standard InChI is InChI=1S/C25H33N3O3/c1-3-26-24(27-17-22(29)18-9-8-10-19(15-18)30-2)28-21-16-25(13-6-7-14-25)31-23-12-5-4-11-20(21)23/h4-5,8-12,15,21-22,29H,3,6-7,13-14,16-17H2,1-2H3,(H2,26,27,28). The number of para-hydroxylation sites is 1. The molecule has 0 amide bonds. The second-order valence-electron chi connectivity index (χ2n) is 8.44. The summed E-state index contributed by atoms with van der Waals surface area (Å²) in [6.07, 6.45) is 4.86. The molecule has 3 N–H and O–H groups in total. The molecule has 1 saturated carbocycles. The molecule has 1 aliphatic carbocycles. The normalized spacial score (nSPS) is 20.6. The van der Waals surface area contributed by atoms with E-state index >= 15 is 0 Å². The topological polar surface area (TPSA) is 75.1 Å². The molecule has 0 radical (unpaired) electrons. The van der Waals surface area contributed by atoms with E-state index in [1.54, 1.807) is 7.11 Å². The van der Waals surface area contributed by atoms with Gasteiger partial charge in [0.2, 0.25) is 0 Å². The molecule has 1 fully saturated rings. The van der Waals surface area contributed by atoms with Crippen molar-refractivity contribution in [2.75, 3.05) is 20.2 Å². The van der Waals surface area contributed by atoms with E-state index in [2.05, 4.69) is 28.8 Å². The fourth-order valence-electron chi connectivity index (χ4n) is 4.69. The summed E-state index contributed by atoms with van der Waals surface area (Å²) >= 11 is 0. The maximum Gasteiger partial charge on any atom is 0.191 e. The zero-order valence-corrected chi connectivity index (χ0v) is 18.4. The van der Waals surface area contributed by atoms with Gasteiger partial charge in [0.15, 0.2) is 5.96 Å². The van der Waals surface area contributed by atoms with Crippen LogP contribution in [0.4, 0.5) is 0 Å². The predicted molar refractivity (Wildman–Crippen MR) is 123 cm³/mol. The molecule has 166 valence electrons. The van der Waals surface area contributed by atoms with Crippen LogP contribution in [0.2, 0.25) is 0 Å². The zero-order valence-electron chi connectivity index (χ0n) is 18.4. The molecule has 31 heavy (non-hydrogen) atoms. The van der Waals surface area contributed by atoms with Crippen molar-refractivity contribution in [3.05, 3.63) is 59.7 Å². The smallest absolute Gasteiger partial charge is 0.191 e. The number of hydrogen-bond donors (Lipinski definition) is 3. The number of guanidine groups is 1. The van der Waals surface area contributed by atoms with Gasteiger partial charge in [-0.2, -0.15) is 0 Å². The fourth-order valence-corrected chi connectivity index (χ4v) is 4.69. The Morgan fingerprint density at radius 3 is 2.81 bits per heavy atom. The average Bonchev–Trinajstić information content (AvgIpc) is 3.24. The number of hydrogen-bond acceptors (Lipinski definition) is 4. The molecular weight excluding hydrogens is 390 g/mol. The Hall–Kier alpha value is -2.73. The number of nitrogens with one attached hydrogen (secondary N) is 2. The lowest BCUT2D eigenvalue weighted by Crippen LogP contribution is -2.46. The molecule has 2 atom stereocenters. The minimum absolute atomic E-state index is 0.0799. The van der Waals surface area contributed by atoms with Crippen molar-refractivity contribution in [2.45, 2.75) is 56.8 Å². The van der Waals surface area contributed by atoms with Crippen LogP contribution in [0.1, 0.15) is 62.3 Å². The fraction of sp³-hybridized carbons (Fsp3) is 0.480. The van der Waals surface area contributed by atoms with Gasteiger partial charge in [0, 0.05) is 18.5 Å². The molecule has 2 unspecified atom stereocenters. The van der Waals surface area contributed by atoms with Crippen molar-refractivity contribution in [1.29, 1.82) is 0 Å². The lowest BCUT2D eigenvalue weighted by molar-refractivity contribution is 0.0395. The zero-order chi connectivity index (χ0) is 21.7. The Morgan fingerprint density at radius 2 is 2.03 bits per heavy atom. The summed E-state index contributed by atoms with van der Waals surface area (Å²) in [7, 11) is 1.62. The van der Waals surface area contributed by atoms with E-state index in [0.717, 1.165) is 42.9 Å². The first-order valence-electron chi connectivity index (χ1n) is 11.3. The lowest BCUT2D eigenvalue weighted by atomic mass is 9.86. The second-order valence-corrected chi connectivity index (χ2v) is 8.44. The molecule has 0 bridgehead atoms. The lowest BCUT2D eigenvalue weighted by Gasteiger charge is -2.40. The summed E-state index contributed by atoms with van der Waals surface area (Å²) in [5.41, 5.74) is 1.88. The minimum atomic E-state index is -0.700. The van der Waals surface area contributed by atoms with Gasteiger partial charge in [0.05, 0.1) is 25.8 Å². The quantitative estimate of drug-likeness (QED) is 0.481. The Labute approximate surface area is 184 Å². The molecule has 1 heterocycles. The SMILES string of the molecule is CCNC(=NCC(O)c1cccc(OC)c1)NC1CC2(CCCC2)Oc2ccccc21. The van der Waals surface area contributed by atoms with E-state index in [1.807, 2.05) is 37.3 Å². The van der Waals surface area contributed by atoms with Crippen LogP contribution in [0.3, 0.4) is 0 Å². The van der Waals surface area contributed by atoms with Gasteiger partial charge in [-0.05, 0) is 56.4 Å². The van der Waals surface area contributed by atoms with E-state index in [0.29, 0.717) is 5.96 Å². The highest BCUT2D eigenvalue weighted by Gasteiger charge is 2.43.